The van der Waals surface area contributed by atoms with Gasteiger partial charge in [-0.15, -0.1) is 0 Å². The van der Waals surface area contributed by atoms with Crippen LogP contribution in [0.1, 0.15) is 17.0 Å². The van der Waals surface area contributed by atoms with Gasteiger partial charge >= 0.3 is 135 Å². The van der Waals surface area contributed by atoms with Crippen LogP contribution >= 0.6 is 34.2 Å². The van der Waals surface area contributed by atoms with Gasteiger partial charge in [0.25, 0.3) is 0 Å². The first-order chi connectivity index (χ1) is 8.61. The SMILES string of the molecule is OCC(c1ccc(I)cc1)c1ccc(Cl)cc1[As]. The van der Waals surface area contributed by atoms with Crippen molar-refractivity contribution in [3.05, 3.63) is 62.2 Å². The third kappa shape index (κ3) is 3.30. The maximum absolute atomic E-state index is 9.65. The van der Waals surface area contributed by atoms with Gasteiger partial charge in [0.2, 0.25) is 0 Å². The molecule has 0 aliphatic rings. The molecule has 1 unspecified atom stereocenters. The fourth-order valence-electron chi connectivity index (χ4n) is 1.89. The first-order valence-corrected chi connectivity index (χ1v) is 7.86. The molecule has 0 bridgehead atoms. The van der Waals surface area contributed by atoms with Crippen molar-refractivity contribution >= 4 is 55.4 Å². The van der Waals surface area contributed by atoms with Crippen molar-refractivity contribution in [2.24, 2.45) is 0 Å². The Balaban J connectivity index is 2.41. The summed E-state index contributed by atoms with van der Waals surface area (Å²) in [6.07, 6.45) is 0. The summed E-state index contributed by atoms with van der Waals surface area (Å²) in [6, 6.07) is 14.0. The second kappa shape index (κ2) is 6.42. The van der Waals surface area contributed by atoms with Gasteiger partial charge in [0.15, 0.2) is 0 Å². The molecule has 2 rings (SSSR count). The van der Waals surface area contributed by atoms with Crippen molar-refractivity contribution in [1.29, 1.82) is 0 Å². The van der Waals surface area contributed by atoms with E-state index in [2.05, 4.69) is 63.7 Å². The predicted molar refractivity (Wildman–Crippen MR) is 84.9 cm³/mol. The summed E-state index contributed by atoms with van der Waals surface area (Å²) >= 11 is 10.8. The van der Waals surface area contributed by atoms with E-state index >= 15 is 0 Å². The Morgan fingerprint density at radius 1 is 1.17 bits per heavy atom. The first kappa shape index (κ1) is 14.4. The Morgan fingerprint density at radius 2 is 1.83 bits per heavy atom. The average molecular weight is 433 g/mol. The number of aliphatic hydroxyl groups is 1. The van der Waals surface area contributed by atoms with Crippen LogP contribution in [0.15, 0.2) is 42.5 Å². The van der Waals surface area contributed by atoms with E-state index in [1.807, 2.05) is 18.2 Å². The van der Waals surface area contributed by atoms with Crippen LogP contribution in [0.5, 0.6) is 0 Å². The van der Waals surface area contributed by atoms with Crippen LogP contribution in [0.25, 0.3) is 0 Å². The van der Waals surface area contributed by atoms with Gasteiger partial charge in [-0.3, -0.25) is 0 Å². The monoisotopic (exact) mass is 432 g/mol. The fourth-order valence-corrected chi connectivity index (χ4v) is 3.36. The molecule has 0 heterocycles. The molecular formula is C14H11AsClIO. The van der Waals surface area contributed by atoms with Crippen LogP contribution in [-0.4, -0.2) is 28.6 Å². The van der Waals surface area contributed by atoms with Crippen molar-refractivity contribution in [3.63, 3.8) is 0 Å². The second-order valence-corrected chi connectivity index (χ2v) is 6.68. The first-order valence-electron chi connectivity index (χ1n) is 5.46. The standard InChI is InChI=1S/C14H11AsClIO/c15-14-7-10(16)3-6-12(14)13(8-18)9-1-4-11(17)5-2-9/h1-7,13,18H,8H2. The number of aliphatic hydroxyl groups excluding tert-OH is 1. The van der Waals surface area contributed by atoms with Crippen LogP contribution in [0.4, 0.5) is 0 Å². The molecule has 92 valence electrons. The number of hydrogen-bond acceptors (Lipinski definition) is 1. The quantitative estimate of drug-likeness (QED) is 0.584. The maximum atomic E-state index is 9.65. The molecule has 1 nitrogen and oxygen atoms in total. The molecule has 1 atom stereocenters. The summed E-state index contributed by atoms with van der Waals surface area (Å²) in [5.74, 6) is -0.00242. The van der Waals surface area contributed by atoms with E-state index in [0.29, 0.717) is 5.02 Å². The molecule has 2 radical (unpaired) electrons. The van der Waals surface area contributed by atoms with Gasteiger partial charge in [-0.2, -0.15) is 0 Å². The van der Waals surface area contributed by atoms with Crippen LogP contribution in [0.2, 0.25) is 5.02 Å². The van der Waals surface area contributed by atoms with Gasteiger partial charge in [0.1, 0.15) is 0 Å². The van der Waals surface area contributed by atoms with E-state index in [1.54, 1.807) is 0 Å². The van der Waals surface area contributed by atoms with E-state index < -0.39 is 0 Å². The third-order valence-electron chi connectivity index (χ3n) is 2.82. The third-order valence-corrected chi connectivity index (χ3v) is 4.59. The van der Waals surface area contributed by atoms with E-state index in [9.17, 15) is 5.11 Å². The van der Waals surface area contributed by atoms with E-state index in [-0.39, 0.29) is 12.5 Å². The van der Waals surface area contributed by atoms with E-state index in [1.165, 1.54) is 3.57 Å². The molecule has 0 aliphatic heterocycles. The molecule has 0 spiro atoms. The molecule has 2 aromatic rings. The molecule has 18 heavy (non-hydrogen) atoms. The second-order valence-electron chi connectivity index (χ2n) is 3.99. The minimum atomic E-state index is -0.00242. The van der Waals surface area contributed by atoms with Crippen molar-refractivity contribution in [2.45, 2.75) is 5.92 Å². The van der Waals surface area contributed by atoms with Gasteiger partial charge in [-0.1, -0.05) is 0 Å². The summed E-state index contributed by atoms with van der Waals surface area (Å²) in [5, 5.41) is 10.4. The molecule has 4 heteroatoms. The number of benzene rings is 2. The van der Waals surface area contributed by atoms with Crippen molar-refractivity contribution in [3.8, 4) is 0 Å². The van der Waals surface area contributed by atoms with Crippen LogP contribution < -0.4 is 4.35 Å². The normalized spacial score (nSPS) is 12.4. The molecule has 1 N–H and O–H groups in total. The van der Waals surface area contributed by atoms with Gasteiger partial charge in [0.05, 0.1) is 0 Å². The Bertz CT molecular complexity index is 542. The Kier molecular flexibility index (Phi) is 5.13. The molecule has 0 aromatic heterocycles. The molecule has 2 aromatic carbocycles. The Morgan fingerprint density at radius 3 is 2.39 bits per heavy atom. The molecule has 0 aliphatic carbocycles. The Labute approximate surface area is 134 Å². The molecule has 0 fully saturated rings. The summed E-state index contributed by atoms with van der Waals surface area (Å²) in [5.41, 5.74) is 2.22. The molecule has 0 saturated carbocycles. The number of halogens is 2. The van der Waals surface area contributed by atoms with Gasteiger partial charge in [-0.05, 0) is 0 Å². The zero-order valence-electron chi connectivity index (χ0n) is 9.48. The van der Waals surface area contributed by atoms with Gasteiger partial charge in [0, 0.05) is 0 Å². The summed E-state index contributed by atoms with van der Waals surface area (Å²) in [4.78, 5) is 0. The van der Waals surface area contributed by atoms with Crippen LogP contribution in [-0.2, 0) is 0 Å². The topological polar surface area (TPSA) is 20.2 Å². The minimum absolute atomic E-state index is 0.00242. The summed E-state index contributed by atoms with van der Waals surface area (Å²) in [6.45, 7) is 0.0903. The molecule has 0 amide bonds. The molecular weight excluding hydrogens is 421 g/mol. The van der Waals surface area contributed by atoms with Crippen LogP contribution in [0, 0.1) is 3.57 Å². The Hall–Kier alpha value is -0.0216. The zero-order chi connectivity index (χ0) is 13.1. The zero-order valence-corrected chi connectivity index (χ0v) is 14.3. The van der Waals surface area contributed by atoms with Crippen molar-refractivity contribution in [1.82, 2.24) is 0 Å². The summed E-state index contributed by atoms with van der Waals surface area (Å²) < 4.78 is 2.24. The predicted octanol–water partition coefficient (Wildman–Crippen LogP) is 2.86. The van der Waals surface area contributed by atoms with Crippen LogP contribution in [0.3, 0.4) is 0 Å². The molecule has 0 saturated heterocycles. The summed E-state index contributed by atoms with van der Waals surface area (Å²) in [7, 11) is 0. The van der Waals surface area contributed by atoms with Crippen molar-refractivity contribution < 1.29 is 5.11 Å². The van der Waals surface area contributed by atoms with Gasteiger partial charge < -0.3 is 0 Å². The van der Waals surface area contributed by atoms with E-state index in [4.69, 9.17) is 11.6 Å². The fraction of sp³-hybridized carbons (Fsp3) is 0.143. The van der Waals surface area contributed by atoms with E-state index in [0.717, 1.165) is 15.5 Å². The van der Waals surface area contributed by atoms with Crippen molar-refractivity contribution in [2.75, 3.05) is 6.61 Å². The number of hydrogen-bond donors (Lipinski definition) is 1. The number of rotatable bonds is 3. The van der Waals surface area contributed by atoms with Gasteiger partial charge in [-0.25, -0.2) is 0 Å². The average Bonchev–Trinajstić information content (AvgIpc) is 2.35.